The van der Waals surface area contributed by atoms with Crippen LogP contribution in [0.1, 0.15) is 65.4 Å². The number of hydrogen-bond acceptors (Lipinski definition) is 2. The van der Waals surface area contributed by atoms with E-state index in [-0.39, 0.29) is 0 Å². The number of hydrogen-bond donors (Lipinski definition) is 1. The molecule has 2 heteroatoms. The standard InChI is InChI=1S/C25H35NO/c1-16(2)20-9-13-24(26)23(15-20)19-7-10-21(11-8-19)27-25-14-18(5)6-12-22(25)17(3)4/h7-11,13,15-18,22,25H,6,12,14,26H2,1-5H3. The second kappa shape index (κ2) is 8.37. The molecule has 0 aliphatic heterocycles. The average Bonchev–Trinajstić information content (AvgIpc) is 2.62. The van der Waals surface area contributed by atoms with Crippen LogP contribution in [0.15, 0.2) is 42.5 Å². The number of rotatable bonds is 5. The van der Waals surface area contributed by atoms with E-state index in [0.29, 0.717) is 23.9 Å². The fourth-order valence-electron chi connectivity index (χ4n) is 4.32. The van der Waals surface area contributed by atoms with E-state index in [1.54, 1.807) is 0 Å². The third-order valence-corrected chi connectivity index (χ3v) is 6.16. The van der Waals surface area contributed by atoms with Crippen LogP contribution in [0.5, 0.6) is 5.75 Å². The first kappa shape index (κ1) is 19.8. The molecule has 146 valence electrons. The van der Waals surface area contributed by atoms with Crippen LogP contribution in [-0.4, -0.2) is 6.10 Å². The molecule has 0 aromatic heterocycles. The summed E-state index contributed by atoms with van der Waals surface area (Å²) >= 11 is 0. The minimum Gasteiger partial charge on any atom is -0.490 e. The fourth-order valence-corrected chi connectivity index (χ4v) is 4.32. The molecule has 1 saturated carbocycles. The Morgan fingerprint density at radius 3 is 2.30 bits per heavy atom. The molecule has 0 amide bonds. The Morgan fingerprint density at radius 1 is 0.963 bits per heavy atom. The average molecular weight is 366 g/mol. The maximum absolute atomic E-state index is 6.45. The second-order valence-corrected chi connectivity index (χ2v) is 9.01. The minimum atomic E-state index is 0.328. The van der Waals surface area contributed by atoms with Gasteiger partial charge >= 0.3 is 0 Å². The molecule has 3 rings (SSSR count). The Balaban J connectivity index is 1.78. The van der Waals surface area contributed by atoms with Crippen LogP contribution in [0.2, 0.25) is 0 Å². The summed E-state index contributed by atoms with van der Waals surface area (Å²) in [6.45, 7) is 11.4. The zero-order chi connectivity index (χ0) is 19.6. The first-order chi connectivity index (χ1) is 12.8. The normalized spacial score (nSPS) is 23.0. The smallest absolute Gasteiger partial charge is 0.119 e. The number of benzene rings is 2. The Labute approximate surface area is 165 Å². The van der Waals surface area contributed by atoms with Crippen LogP contribution in [0.25, 0.3) is 11.1 Å². The van der Waals surface area contributed by atoms with E-state index in [2.05, 4.69) is 71.0 Å². The largest absolute Gasteiger partial charge is 0.490 e. The predicted molar refractivity (Wildman–Crippen MR) is 116 cm³/mol. The van der Waals surface area contributed by atoms with Crippen LogP contribution in [0.4, 0.5) is 5.69 Å². The van der Waals surface area contributed by atoms with Crippen molar-refractivity contribution >= 4 is 5.69 Å². The summed E-state index contributed by atoms with van der Waals surface area (Å²) in [6.07, 6.45) is 4.09. The van der Waals surface area contributed by atoms with Crippen molar-refractivity contribution in [1.29, 1.82) is 0 Å². The van der Waals surface area contributed by atoms with Gasteiger partial charge < -0.3 is 10.5 Å². The van der Waals surface area contributed by atoms with Gasteiger partial charge in [-0.1, -0.05) is 59.2 Å². The molecule has 0 bridgehead atoms. The molecule has 2 N–H and O–H groups in total. The molecule has 2 nitrogen and oxygen atoms in total. The highest BCUT2D eigenvalue weighted by Crippen LogP contribution is 2.37. The van der Waals surface area contributed by atoms with Gasteiger partial charge in [-0.05, 0) is 71.9 Å². The van der Waals surface area contributed by atoms with Crippen LogP contribution in [0, 0.1) is 17.8 Å². The minimum absolute atomic E-state index is 0.328. The van der Waals surface area contributed by atoms with Crippen molar-refractivity contribution in [3.05, 3.63) is 48.0 Å². The molecule has 1 fully saturated rings. The molecule has 3 unspecified atom stereocenters. The Kier molecular flexibility index (Phi) is 6.14. The van der Waals surface area contributed by atoms with Crippen LogP contribution >= 0.6 is 0 Å². The first-order valence-electron chi connectivity index (χ1n) is 10.5. The van der Waals surface area contributed by atoms with Gasteiger partial charge in [0.05, 0.1) is 0 Å². The third-order valence-electron chi connectivity index (χ3n) is 6.16. The third kappa shape index (κ3) is 4.66. The molecule has 0 saturated heterocycles. The van der Waals surface area contributed by atoms with E-state index in [9.17, 15) is 0 Å². The summed E-state index contributed by atoms with van der Waals surface area (Å²) in [4.78, 5) is 0. The molecular formula is C25H35NO. The number of nitrogen functional groups attached to an aromatic ring is 1. The highest BCUT2D eigenvalue weighted by Gasteiger charge is 2.32. The fraction of sp³-hybridized carbons (Fsp3) is 0.520. The molecule has 0 heterocycles. The highest BCUT2D eigenvalue weighted by molar-refractivity contribution is 5.77. The van der Waals surface area contributed by atoms with E-state index in [1.807, 2.05) is 6.07 Å². The van der Waals surface area contributed by atoms with Gasteiger partial charge in [-0.2, -0.15) is 0 Å². The van der Waals surface area contributed by atoms with E-state index in [0.717, 1.165) is 34.9 Å². The summed E-state index contributed by atoms with van der Waals surface area (Å²) in [5.74, 6) is 3.54. The van der Waals surface area contributed by atoms with Gasteiger partial charge in [0.25, 0.3) is 0 Å². The molecular weight excluding hydrogens is 330 g/mol. The molecule has 2 aromatic rings. The number of nitrogens with two attached hydrogens (primary N) is 1. The topological polar surface area (TPSA) is 35.2 Å². The number of anilines is 1. The Hall–Kier alpha value is -1.96. The van der Waals surface area contributed by atoms with Gasteiger partial charge in [-0.25, -0.2) is 0 Å². The van der Waals surface area contributed by atoms with Crippen molar-refractivity contribution in [1.82, 2.24) is 0 Å². The summed E-state index contributed by atoms with van der Waals surface area (Å²) in [7, 11) is 0. The van der Waals surface area contributed by atoms with Gasteiger partial charge in [0, 0.05) is 11.3 Å². The van der Waals surface area contributed by atoms with Gasteiger partial charge in [0.1, 0.15) is 11.9 Å². The zero-order valence-electron chi connectivity index (χ0n) is 17.5. The summed E-state index contributed by atoms with van der Waals surface area (Å²) in [6, 6.07) is 14.8. The van der Waals surface area contributed by atoms with E-state index < -0.39 is 0 Å². The van der Waals surface area contributed by atoms with Crippen LogP contribution < -0.4 is 10.5 Å². The molecule has 0 spiro atoms. The van der Waals surface area contributed by atoms with Crippen molar-refractivity contribution in [3.8, 4) is 16.9 Å². The van der Waals surface area contributed by atoms with Gasteiger partial charge in [-0.3, -0.25) is 0 Å². The molecule has 0 radical (unpaired) electrons. The van der Waals surface area contributed by atoms with E-state index in [1.165, 1.54) is 18.4 Å². The maximum Gasteiger partial charge on any atom is 0.119 e. The predicted octanol–water partition coefficient (Wildman–Crippen LogP) is 6.90. The van der Waals surface area contributed by atoms with Crippen molar-refractivity contribution in [2.75, 3.05) is 5.73 Å². The maximum atomic E-state index is 6.45. The van der Waals surface area contributed by atoms with E-state index >= 15 is 0 Å². The quantitative estimate of drug-likeness (QED) is 0.585. The lowest BCUT2D eigenvalue weighted by Gasteiger charge is -2.37. The monoisotopic (exact) mass is 365 g/mol. The van der Waals surface area contributed by atoms with E-state index in [4.69, 9.17) is 10.5 Å². The summed E-state index contributed by atoms with van der Waals surface area (Å²) < 4.78 is 6.45. The molecule has 1 aliphatic rings. The zero-order valence-corrected chi connectivity index (χ0v) is 17.5. The lowest BCUT2D eigenvalue weighted by molar-refractivity contribution is 0.0460. The molecule has 1 aliphatic carbocycles. The number of ether oxygens (including phenoxy) is 1. The van der Waals surface area contributed by atoms with Crippen molar-refractivity contribution in [2.45, 2.75) is 65.9 Å². The summed E-state index contributed by atoms with van der Waals surface area (Å²) in [5, 5.41) is 0. The lowest BCUT2D eigenvalue weighted by Crippen LogP contribution is -2.36. The SMILES string of the molecule is CC1CCC(C(C)C)C(Oc2ccc(-c3cc(C(C)C)ccc3N)cc2)C1. The highest BCUT2D eigenvalue weighted by atomic mass is 16.5. The summed E-state index contributed by atoms with van der Waals surface area (Å²) in [5.41, 5.74) is 10.7. The molecule has 2 aromatic carbocycles. The van der Waals surface area contributed by atoms with Crippen LogP contribution in [0.3, 0.4) is 0 Å². The van der Waals surface area contributed by atoms with Crippen molar-refractivity contribution in [3.63, 3.8) is 0 Å². The van der Waals surface area contributed by atoms with Crippen molar-refractivity contribution in [2.24, 2.45) is 17.8 Å². The van der Waals surface area contributed by atoms with Crippen LogP contribution in [-0.2, 0) is 0 Å². The second-order valence-electron chi connectivity index (χ2n) is 9.01. The lowest BCUT2D eigenvalue weighted by atomic mass is 9.75. The van der Waals surface area contributed by atoms with Crippen molar-refractivity contribution < 1.29 is 4.74 Å². The van der Waals surface area contributed by atoms with Gasteiger partial charge in [-0.15, -0.1) is 0 Å². The van der Waals surface area contributed by atoms with Gasteiger partial charge in [0.2, 0.25) is 0 Å². The van der Waals surface area contributed by atoms with Gasteiger partial charge in [0.15, 0.2) is 0 Å². The molecule has 3 atom stereocenters. The molecule has 27 heavy (non-hydrogen) atoms. The first-order valence-corrected chi connectivity index (χ1v) is 10.5. The Morgan fingerprint density at radius 2 is 1.67 bits per heavy atom. The Bertz CT molecular complexity index is 747.